The first-order chi connectivity index (χ1) is 18.3. The number of aryl methyl sites for hydroxylation is 2. The summed E-state index contributed by atoms with van der Waals surface area (Å²) in [6, 6.07) is 3.65. The van der Waals surface area contributed by atoms with Crippen LogP contribution in [0.2, 0.25) is 0 Å². The fourth-order valence-corrected chi connectivity index (χ4v) is 4.61. The third kappa shape index (κ3) is 4.42. The monoisotopic (exact) mass is 546 g/mol. The number of anilines is 2. The Morgan fingerprint density at radius 3 is 2.51 bits per heavy atom. The molecular formula is C25H23F5N8O. The topological polar surface area (TPSA) is 124 Å². The maximum Gasteiger partial charge on any atom is 0.453 e. The van der Waals surface area contributed by atoms with Gasteiger partial charge in [0.05, 0.1) is 11.3 Å². The van der Waals surface area contributed by atoms with Gasteiger partial charge in [0, 0.05) is 36.9 Å². The van der Waals surface area contributed by atoms with Gasteiger partial charge in [0.15, 0.2) is 11.5 Å². The van der Waals surface area contributed by atoms with Crippen LogP contribution >= 0.6 is 0 Å². The largest absolute Gasteiger partial charge is 0.453 e. The molecule has 0 fully saturated rings. The summed E-state index contributed by atoms with van der Waals surface area (Å²) in [6.07, 6.45) is -0.303. The van der Waals surface area contributed by atoms with Gasteiger partial charge in [-0.05, 0) is 31.4 Å². The standard InChI is InChI=1S/C25H23F5N8O/c1-3-4-14-6-5-13(11-33-14)23(2)17-18(31)35-19(36-20(17)37-22(23)39)16-12-38-10-9-32-21(38)15(34-16)7-8-24(26,27)25(28,29)30/h5-6,9-12H,3-4,7-8H2,1-2H3,(H3,31,35,36,37,39). The molecule has 204 valence electrons. The molecule has 9 nitrogen and oxygen atoms in total. The first-order valence-electron chi connectivity index (χ1n) is 12.1. The van der Waals surface area contributed by atoms with E-state index >= 15 is 0 Å². The molecular weight excluding hydrogens is 523 g/mol. The molecule has 1 aliphatic rings. The van der Waals surface area contributed by atoms with Crippen LogP contribution in [0, 0.1) is 0 Å². The van der Waals surface area contributed by atoms with Gasteiger partial charge >= 0.3 is 12.1 Å². The summed E-state index contributed by atoms with van der Waals surface area (Å²) in [6.45, 7) is 3.71. The molecule has 4 aromatic rings. The van der Waals surface area contributed by atoms with Crippen molar-refractivity contribution in [2.75, 3.05) is 11.1 Å². The number of hydrogen-bond donors (Lipinski definition) is 2. The summed E-state index contributed by atoms with van der Waals surface area (Å²) < 4.78 is 66.8. The number of carbonyl (C=O) groups is 1. The average Bonchev–Trinajstić information content (AvgIpc) is 3.45. The number of pyridine rings is 1. The van der Waals surface area contributed by atoms with Gasteiger partial charge in [0.25, 0.3) is 0 Å². The second-order valence-corrected chi connectivity index (χ2v) is 9.46. The first-order valence-corrected chi connectivity index (χ1v) is 12.1. The van der Waals surface area contributed by atoms with Gasteiger partial charge in [0.2, 0.25) is 5.91 Å². The SMILES string of the molecule is CCCc1ccc(C2(C)C(=O)Nc3nc(-c4cn5ccnc5c(CCC(F)(F)C(F)(F)F)n4)nc(N)c32)cn1. The number of aromatic nitrogens is 6. The highest BCUT2D eigenvalue weighted by Gasteiger charge is 2.56. The maximum atomic E-state index is 13.6. The maximum absolute atomic E-state index is 13.6. The number of carbonyl (C=O) groups excluding carboxylic acids is 1. The Bertz CT molecular complexity index is 1570. The summed E-state index contributed by atoms with van der Waals surface area (Å²) in [5.74, 6) is -5.23. The molecule has 3 N–H and O–H groups in total. The molecule has 0 aromatic carbocycles. The van der Waals surface area contributed by atoms with Crippen molar-refractivity contribution in [1.82, 2.24) is 29.3 Å². The van der Waals surface area contributed by atoms with Crippen LogP contribution in [0.4, 0.5) is 33.6 Å². The molecule has 0 radical (unpaired) electrons. The molecule has 5 rings (SSSR count). The summed E-state index contributed by atoms with van der Waals surface area (Å²) in [7, 11) is 0. The van der Waals surface area contributed by atoms with Gasteiger partial charge in [0.1, 0.15) is 22.7 Å². The van der Waals surface area contributed by atoms with E-state index in [9.17, 15) is 26.7 Å². The zero-order chi connectivity index (χ0) is 28.2. The Morgan fingerprint density at radius 1 is 1.08 bits per heavy atom. The zero-order valence-electron chi connectivity index (χ0n) is 20.9. The number of alkyl halides is 5. The Labute approximate surface area is 218 Å². The molecule has 0 saturated heterocycles. The van der Waals surface area contributed by atoms with Crippen LogP contribution in [-0.2, 0) is 23.1 Å². The summed E-state index contributed by atoms with van der Waals surface area (Å²) >= 11 is 0. The van der Waals surface area contributed by atoms with Gasteiger partial charge in [-0.1, -0.05) is 19.4 Å². The first kappa shape index (κ1) is 26.4. The summed E-state index contributed by atoms with van der Waals surface area (Å²) in [4.78, 5) is 34.6. The molecule has 0 spiro atoms. The third-order valence-electron chi connectivity index (χ3n) is 6.79. The number of nitrogens with two attached hydrogens (primary N) is 1. The van der Waals surface area contributed by atoms with E-state index in [0.29, 0.717) is 11.1 Å². The predicted octanol–water partition coefficient (Wildman–Crippen LogP) is 4.50. The molecule has 5 heterocycles. The van der Waals surface area contributed by atoms with Crippen LogP contribution in [0.15, 0.2) is 36.9 Å². The fourth-order valence-electron chi connectivity index (χ4n) is 4.61. The van der Waals surface area contributed by atoms with Gasteiger partial charge in [-0.2, -0.15) is 22.0 Å². The Balaban J connectivity index is 1.54. The predicted molar refractivity (Wildman–Crippen MR) is 131 cm³/mol. The number of halogens is 5. The Morgan fingerprint density at radius 2 is 1.85 bits per heavy atom. The molecule has 0 aliphatic carbocycles. The molecule has 1 atom stereocenters. The van der Waals surface area contributed by atoms with E-state index in [1.807, 2.05) is 13.0 Å². The highest BCUT2D eigenvalue weighted by atomic mass is 19.4. The number of rotatable bonds is 7. The number of fused-ring (bicyclic) bond motifs is 2. The smallest absolute Gasteiger partial charge is 0.383 e. The number of hydrogen-bond acceptors (Lipinski definition) is 7. The van der Waals surface area contributed by atoms with Gasteiger partial charge in [-0.15, -0.1) is 0 Å². The van der Waals surface area contributed by atoms with Crippen molar-refractivity contribution in [2.45, 2.75) is 57.0 Å². The number of nitrogens with one attached hydrogen (secondary N) is 1. The zero-order valence-corrected chi connectivity index (χ0v) is 20.9. The molecule has 0 bridgehead atoms. The lowest BCUT2D eigenvalue weighted by atomic mass is 9.78. The lowest BCUT2D eigenvalue weighted by molar-refractivity contribution is -0.284. The summed E-state index contributed by atoms with van der Waals surface area (Å²) in [5.41, 5.74) is 6.97. The van der Waals surface area contributed by atoms with Crippen LogP contribution in [-0.4, -0.2) is 47.3 Å². The fraction of sp³-hybridized carbons (Fsp3) is 0.360. The van der Waals surface area contributed by atoms with E-state index in [1.165, 1.54) is 23.0 Å². The van der Waals surface area contributed by atoms with E-state index in [0.717, 1.165) is 18.5 Å². The van der Waals surface area contributed by atoms with Crippen LogP contribution in [0.1, 0.15) is 49.2 Å². The van der Waals surface area contributed by atoms with Gasteiger partial charge < -0.3 is 15.5 Å². The van der Waals surface area contributed by atoms with E-state index in [-0.39, 0.29) is 34.5 Å². The van der Waals surface area contributed by atoms with E-state index < -0.39 is 36.3 Å². The molecule has 4 aromatic heterocycles. The molecule has 1 amide bonds. The minimum atomic E-state index is -5.69. The highest BCUT2D eigenvalue weighted by molar-refractivity contribution is 6.09. The molecule has 39 heavy (non-hydrogen) atoms. The average molecular weight is 547 g/mol. The minimum Gasteiger partial charge on any atom is -0.383 e. The lowest BCUT2D eigenvalue weighted by Crippen LogP contribution is -2.36. The van der Waals surface area contributed by atoms with E-state index in [2.05, 4.69) is 30.2 Å². The van der Waals surface area contributed by atoms with Crippen molar-refractivity contribution in [3.05, 3.63) is 59.4 Å². The second-order valence-electron chi connectivity index (χ2n) is 9.46. The van der Waals surface area contributed by atoms with Crippen molar-refractivity contribution in [1.29, 1.82) is 0 Å². The van der Waals surface area contributed by atoms with Gasteiger partial charge in [-0.3, -0.25) is 9.78 Å². The number of nitrogen functional groups attached to an aromatic ring is 1. The minimum absolute atomic E-state index is 0.0221. The normalized spacial score (nSPS) is 17.5. The van der Waals surface area contributed by atoms with Crippen molar-refractivity contribution >= 4 is 23.2 Å². The number of imidazole rings is 1. The van der Waals surface area contributed by atoms with E-state index in [4.69, 9.17) is 5.73 Å². The Hall–Kier alpha value is -4.23. The summed E-state index contributed by atoms with van der Waals surface area (Å²) in [5, 5.41) is 2.72. The molecule has 1 unspecified atom stereocenters. The Kier molecular flexibility index (Phi) is 6.23. The molecule has 0 saturated carbocycles. The molecule has 1 aliphatic heterocycles. The van der Waals surface area contributed by atoms with Crippen molar-refractivity contribution in [2.24, 2.45) is 0 Å². The highest BCUT2D eigenvalue weighted by Crippen LogP contribution is 2.45. The van der Waals surface area contributed by atoms with Crippen LogP contribution in [0.5, 0.6) is 0 Å². The lowest BCUT2D eigenvalue weighted by Gasteiger charge is -2.23. The number of amides is 1. The quantitative estimate of drug-likeness (QED) is 0.327. The van der Waals surface area contributed by atoms with Crippen LogP contribution < -0.4 is 11.1 Å². The van der Waals surface area contributed by atoms with Crippen LogP contribution in [0.3, 0.4) is 0 Å². The van der Waals surface area contributed by atoms with Crippen molar-refractivity contribution in [3.8, 4) is 11.5 Å². The molecule has 14 heteroatoms. The third-order valence-corrected chi connectivity index (χ3v) is 6.79. The van der Waals surface area contributed by atoms with E-state index in [1.54, 1.807) is 19.2 Å². The van der Waals surface area contributed by atoms with Crippen molar-refractivity contribution in [3.63, 3.8) is 0 Å². The van der Waals surface area contributed by atoms with Gasteiger partial charge in [-0.25, -0.2) is 19.9 Å². The second kappa shape index (κ2) is 9.20. The number of nitrogens with zero attached hydrogens (tertiary/aromatic N) is 6. The van der Waals surface area contributed by atoms with Crippen LogP contribution in [0.25, 0.3) is 17.2 Å². The van der Waals surface area contributed by atoms with Crippen molar-refractivity contribution < 1.29 is 26.7 Å².